The van der Waals surface area contributed by atoms with Crippen LogP contribution in [0.1, 0.15) is 20.3 Å². The quantitative estimate of drug-likeness (QED) is 0.522. The smallest absolute Gasteiger partial charge is 0.312 e. The summed E-state index contributed by atoms with van der Waals surface area (Å²) < 4.78 is 4.61. The molecule has 0 radical (unpaired) electrons. The minimum absolute atomic E-state index is 0.0105. The summed E-state index contributed by atoms with van der Waals surface area (Å²) >= 11 is 0. The molecule has 1 fully saturated rings. The van der Waals surface area contributed by atoms with Crippen LogP contribution in [0.5, 0.6) is 0 Å². The van der Waals surface area contributed by atoms with Gasteiger partial charge in [0, 0.05) is 0 Å². The highest BCUT2D eigenvalue weighted by Crippen LogP contribution is 2.20. The Morgan fingerprint density at radius 2 is 2.44 bits per heavy atom. The van der Waals surface area contributed by atoms with Gasteiger partial charge < -0.3 is 4.74 Å². The number of ether oxygens (including phenoxy) is 1. The molecule has 1 saturated heterocycles. The Balaban J connectivity index is 2.21. The molecule has 1 atom stereocenters. The molecule has 0 bridgehead atoms. The van der Waals surface area contributed by atoms with Crippen molar-refractivity contribution in [2.24, 2.45) is 11.8 Å². The van der Waals surface area contributed by atoms with Gasteiger partial charge in [0.1, 0.15) is 6.61 Å². The summed E-state index contributed by atoms with van der Waals surface area (Å²) in [4.78, 5) is 10.5. The van der Waals surface area contributed by atoms with Crippen LogP contribution >= 0.6 is 0 Å². The predicted molar refractivity (Wildman–Crippen MR) is 33.9 cm³/mol. The van der Waals surface area contributed by atoms with Gasteiger partial charge in [-0.2, -0.15) is 0 Å². The number of rotatable bonds is 2. The minimum Gasteiger partial charge on any atom is -0.464 e. The molecule has 0 N–H and O–H groups in total. The van der Waals surface area contributed by atoms with E-state index in [1.165, 1.54) is 0 Å². The average molecular weight is 128 g/mol. The number of carbonyl (C=O) groups is 1. The molecule has 2 nitrogen and oxygen atoms in total. The van der Waals surface area contributed by atoms with Crippen LogP contribution in [0.3, 0.4) is 0 Å². The molecule has 52 valence electrons. The standard InChI is InChI=1S/C7H12O2/c1-5(2)3-6-4-9-7(6)8/h5-6H,3-4H2,1-2H3. The first kappa shape index (κ1) is 6.59. The maximum atomic E-state index is 10.5. The van der Waals surface area contributed by atoms with E-state index in [2.05, 4.69) is 18.6 Å². The van der Waals surface area contributed by atoms with Crippen molar-refractivity contribution >= 4 is 5.97 Å². The zero-order valence-corrected chi connectivity index (χ0v) is 5.89. The molecule has 0 spiro atoms. The van der Waals surface area contributed by atoms with E-state index in [0.29, 0.717) is 12.5 Å². The molecule has 0 aromatic rings. The molecule has 1 aliphatic heterocycles. The zero-order valence-electron chi connectivity index (χ0n) is 5.89. The van der Waals surface area contributed by atoms with Crippen LogP contribution in [0.2, 0.25) is 0 Å². The molecule has 0 amide bonds. The monoisotopic (exact) mass is 128 g/mol. The lowest BCUT2D eigenvalue weighted by atomic mass is 9.95. The van der Waals surface area contributed by atoms with Crippen molar-refractivity contribution in [1.29, 1.82) is 0 Å². The number of cyclic esters (lactones) is 1. The highest BCUT2D eigenvalue weighted by atomic mass is 16.6. The fraction of sp³-hybridized carbons (Fsp3) is 0.857. The molecule has 0 aliphatic carbocycles. The molecule has 1 unspecified atom stereocenters. The van der Waals surface area contributed by atoms with E-state index in [-0.39, 0.29) is 11.9 Å². The van der Waals surface area contributed by atoms with Crippen LogP contribution < -0.4 is 0 Å². The van der Waals surface area contributed by atoms with Crippen molar-refractivity contribution in [3.8, 4) is 0 Å². The summed E-state index contributed by atoms with van der Waals surface area (Å²) in [6.45, 7) is 4.88. The van der Waals surface area contributed by atoms with Gasteiger partial charge in [0.15, 0.2) is 0 Å². The van der Waals surface area contributed by atoms with Crippen molar-refractivity contribution < 1.29 is 9.53 Å². The summed E-state index contributed by atoms with van der Waals surface area (Å²) in [5.74, 6) is 0.816. The molecule has 1 aliphatic rings. The van der Waals surface area contributed by atoms with Gasteiger partial charge >= 0.3 is 5.97 Å². The number of esters is 1. The maximum absolute atomic E-state index is 10.5. The van der Waals surface area contributed by atoms with Gasteiger partial charge in [-0.3, -0.25) is 4.79 Å². The van der Waals surface area contributed by atoms with Crippen molar-refractivity contribution in [2.75, 3.05) is 6.61 Å². The van der Waals surface area contributed by atoms with Gasteiger partial charge in [-0.25, -0.2) is 0 Å². The van der Waals surface area contributed by atoms with Crippen LogP contribution in [0.25, 0.3) is 0 Å². The van der Waals surface area contributed by atoms with E-state index in [4.69, 9.17) is 0 Å². The lowest BCUT2D eigenvalue weighted by molar-refractivity contribution is -0.169. The average Bonchev–Trinajstić information content (AvgIpc) is 1.79. The molecule has 1 rings (SSSR count). The van der Waals surface area contributed by atoms with E-state index < -0.39 is 0 Å². The largest absolute Gasteiger partial charge is 0.464 e. The third kappa shape index (κ3) is 1.44. The first-order valence-corrected chi connectivity index (χ1v) is 3.37. The van der Waals surface area contributed by atoms with E-state index in [9.17, 15) is 4.79 Å². The van der Waals surface area contributed by atoms with Gasteiger partial charge in [0.05, 0.1) is 5.92 Å². The zero-order chi connectivity index (χ0) is 6.85. The second kappa shape index (κ2) is 2.38. The van der Waals surface area contributed by atoms with E-state index in [1.54, 1.807) is 0 Å². The van der Waals surface area contributed by atoms with Crippen molar-refractivity contribution in [3.05, 3.63) is 0 Å². The van der Waals surface area contributed by atoms with E-state index >= 15 is 0 Å². The normalized spacial score (nSPS) is 25.7. The van der Waals surface area contributed by atoms with E-state index in [0.717, 1.165) is 6.42 Å². The number of hydrogen-bond donors (Lipinski definition) is 0. The van der Waals surface area contributed by atoms with Crippen LogP contribution in [0.15, 0.2) is 0 Å². The summed E-state index contributed by atoms with van der Waals surface area (Å²) in [6.07, 6.45) is 0.985. The molecule has 0 aromatic heterocycles. The third-order valence-electron chi connectivity index (χ3n) is 1.52. The van der Waals surface area contributed by atoms with Crippen molar-refractivity contribution in [1.82, 2.24) is 0 Å². The summed E-state index contributed by atoms with van der Waals surface area (Å²) in [7, 11) is 0. The van der Waals surface area contributed by atoms with E-state index in [1.807, 2.05) is 0 Å². The van der Waals surface area contributed by atoms with Crippen LogP contribution in [-0.4, -0.2) is 12.6 Å². The molecule has 0 aromatic carbocycles. The topological polar surface area (TPSA) is 26.3 Å². The second-order valence-electron chi connectivity index (χ2n) is 2.96. The predicted octanol–water partition coefficient (Wildman–Crippen LogP) is 1.21. The second-order valence-corrected chi connectivity index (χ2v) is 2.96. The Hall–Kier alpha value is -0.530. The van der Waals surface area contributed by atoms with Crippen LogP contribution in [0, 0.1) is 11.8 Å². The number of carbonyl (C=O) groups excluding carboxylic acids is 1. The van der Waals surface area contributed by atoms with Gasteiger partial charge in [0.25, 0.3) is 0 Å². The molecule has 0 saturated carbocycles. The Morgan fingerprint density at radius 3 is 2.56 bits per heavy atom. The van der Waals surface area contributed by atoms with Gasteiger partial charge in [-0.15, -0.1) is 0 Å². The SMILES string of the molecule is CC(C)CC1COC1=O. The summed E-state index contributed by atoms with van der Waals surface area (Å²) in [6, 6.07) is 0. The lowest BCUT2D eigenvalue weighted by Crippen LogP contribution is -2.35. The van der Waals surface area contributed by atoms with Gasteiger partial charge in [0.2, 0.25) is 0 Å². The summed E-state index contributed by atoms with van der Waals surface area (Å²) in [5.41, 5.74) is 0. The Bertz CT molecular complexity index is 118. The molecular weight excluding hydrogens is 116 g/mol. The Labute approximate surface area is 55.2 Å². The fourth-order valence-corrected chi connectivity index (χ4v) is 1.00. The fourth-order valence-electron chi connectivity index (χ4n) is 1.00. The van der Waals surface area contributed by atoms with Crippen molar-refractivity contribution in [3.63, 3.8) is 0 Å². The first-order chi connectivity index (χ1) is 4.20. The maximum Gasteiger partial charge on any atom is 0.312 e. The minimum atomic E-state index is -0.0105. The van der Waals surface area contributed by atoms with Crippen LogP contribution in [-0.2, 0) is 9.53 Å². The van der Waals surface area contributed by atoms with Gasteiger partial charge in [-0.05, 0) is 12.3 Å². The molecular formula is C7H12O2. The molecule has 2 heteroatoms. The highest BCUT2D eigenvalue weighted by Gasteiger charge is 2.30. The highest BCUT2D eigenvalue weighted by molar-refractivity contribution is 5.77. The molecule has 1 heterocycles. The first-order valence-electron chi connectivity index (χ1n) is 3.37. The summed E-state index contributed by atoms with van der Waals surface area (Å²) in [5, 5.41) is 0. The van der Waals surface area contributed by atoms with Crippen LogP contribution in [0.4, 0.5) is 0 Å². The van der Waals surface area contributed by atoms with Crippen molar-refractivity contribution in [2.45, 2.75) is 20.3 Å². The van der Waals surface area contributed by atoms with Gasteiger partial charge in [-0.1, -0.05) is 13.8 Å². The Morgan fingerprint density at radius 1 is 1.78 bits per heavy atom. The number of hydrogen-bond acceptors (Lipinski definition) is 2. The third-order valence-corrected chi connectivity index (χ3v) is 1.52. The molecule has 9 heavy (non-hydrogen) atoms. The lowest BCUT2D eigenvalue weighted by Gasteiger charge is -2.25. The Kier molecular flexibility index (Phi) is 1.74.